The summed E-state index contributed by atoms with van der Waals surface area (Å²) in [6, 6.07) is 14.3. The van der Waals surface area contributed by atoms with E-state index in [1.54, 1.807) is 0 Å². The van der Waals surface area contributed by atoms with Gasteiger partial charge in [-0.05, 0) is 25.5 Å². The van der Waals surface area contributed by atoms with E-state index in [1.165, 1.54) is 5.69 Å². The highest BCUT2D eigenvalue weighted by Crippen LogP contribution is 2.21. The molecule has 0 spiro atoms. The predicted molar refractivity (Wildman–Crippen MR) is 89.9 cm³/mol. The zero-order chi connectivity index (χ0) is 15.4. The highest BCUT2D eigenvalue weighted by Gasteiger charge is 2.08. The number of nitrogens with zero attached hydrogens (tertiary/aromatic N) is 3. The Balaban J connectivity index is 1.67. The van der Waals surface area contributed by atoms with Gasteiger partial charge in [0, 0.05) is 30.5 Å². The van der Waals surface area contributed by atoms with Crippen LogP contribution in [0.4, 0.5) is 5.82 Å². The molecule has 0 atom stereocenters. The van der Waals surface area contributed by atoms with Crippen LogP contribution >= 0.6 is 0 Å². The first-order valence-corrected chi connectivity index (χ1v) is 7.48. The topological polar surface area (TPSA) is 42.7 Å². The summed E-state index contributed by atoms with van der Waals surface area (Å²) in [6.45, 7) is 5.86. The minimum absolute atomic E-state index is 0.823. The lowest BCUT2D eigenvalue weighted by atomic mass is 10.1. The Morgan fingerprint density at radius 3 is 2.59 bits per heavy atom. The molecule has 1 N–H and O–H groups in total. The third-order valence-electron chi connectivity index (χ3n) is 3.80. The third kappa shape index (κ3) is 3.01. The quantitative estimate of drug-likeness (QED) is 0.780. The van der Waals surface area contributed by atoms with E-state index in [9.17, 15) is 0 Å². The van der Waals surface area contributed by atoms with Crippen molar-refractivity contribution < 1.29 is 0 Å². The zero-order valence-electron chi connectivity index (χ0n) is 13.0. The molecule has 2 heterocycles. The van der Waals surface area contributed by atoms with E-state index >= 15 is 0 Å². The Kier molecular flexibility index (Phi) is 4.19. The maximum atomic E-state index is 4.55. The molecule has 3 rings (SSSR count). The fourth-order valence-electron chi connectivity index (χ4n) is 2.51. The normalized spacial score (nSPS) is 10.6. The van der Waals surface area contributed by atoms with Crippen LogP contribution < -0.4 is 5.32 Å². The molecule has 1 aromatic carbocycles. The van der Waals surface area contributed by atoms with Gasteiger partial charge in [0.25, 0.3) is 0 Å². The summed E-state index contributed by atoms with van der Waals surface area (Å²) < 4.78 is 2.17. The Morgan fingerprint density at radius 1 is 1.00 bits per heavy atom. The van der Waals surface area contributed by atoms with Gasteiger partial charge in [0.15, 0.2) is 0 Å². The Bertz CT molecular complexity index is 747. The molecule has 0 aliphatic carbocycles. The SMILES string of the molecule is Cc1cccnc1NCCn1cnc(-c2ccccc2)c1C. The molecule has 0 aliphatic heterocycles. The standard InChI is InChI=1S/C18H20N4/c1-14-7-6-10-19-18(14)20-11-12-22-13-21-17(15(22)2)16-8-4-3-5-9-16/h3-10,13H,11-12H2,1-2H3,(H,19,20). The Labute approximate surface area is 130 Å². The average molecular weight is 292 g/mol. The molecule has 3 aromatic rings. The number of nitrogens with one attached hydrogen (secondary N) is 1. The number of anilines is 1. The number of rotatable bonds is 5. The van der Waals surface area contributed by atoms with Gasteiger partial charge in [-0.25, -0.2) is 9.97 Å². The summed E-state index contributed by atoms with van der Waals surface area (Å²) in [4.78, 5) is 8.90. The van der Waals surface area contributed by atoms with E-state index < -0.39 is 0 Å². The average Bonchev–Trinajstić information content (AvgIpc) is 2.91. The molecule has 0 radical (unpaired) electrons. The molecule has 112 valence electrons. The lowest BCUT2D eigenvalue weighted by Crippen LogP contribution is -2.12. The highest BCUT2D eigenvalue weighted by molar-refractivity contribution is 5.61. The van der Waals surface area contributed by atoms with Crippen molar-refractivity contribution in [3.8, 4) is 11.3 Å². The maximum Gasteiger partial charge on any atom is 0.128 e. The van der Waals surface area contributed by atoms with Gasteiger partial charge in [0.1, 0.15) is 5.82 Å². The van der Waals surface area contributed by atoms with Crippen LogP contribution in [0.25, 0.3) is 11.3 Å². The van der Waals surface area contributed by atoms with Crippen molar-refractivity contribution in [2.24, 2.45) is 0 Å². The van der Waals surface area contributed by atoms with Crippen molar-refractivity contribution >= 4 is 5.82 Å². The van der Waals surface area contributed by atoms with Crippen molar-refractivity contribution in [1.29, 1.82) is 0 Å². The fourth-order valence-corrected chi connectivity index (χ4v) is 2.51. The third-order valence-corrected chi connectivity index (χ3v) is 3.80. The van der Waals surface area contributed by atoms with Crippen molar-refractivity contribution in [3.05, 3.63) is 66.2 Å². The maximum absolute atomic E-state index is 4.55. The number of hydrogen-bond acceptors (Lipinski definition) is 3. The first kappa shape index (κ1) is 14.3. The first-order valence-electron chi connectivity index (χ1n) is 7.48. The monoisotopic (exact) mass is 292 g/mol. The van der Waals surface area contributed by atoms with E-state index in [1.807, 2.05) is 36.8 Å². The van der Waals surface area contributed by atoms with Gasteiger partial charge in [0.2, 0.25) is 0 Å². The molecule has 4 nitrogen and oxygen atoms in total. The van der Waals surface area contributed by atoms with Gasteiger partial charge in [-0.2, -0.15) is 0 Å². The van der Waals surface area contributed by atoms with Crippen molar-refractivity contribution in [1.82, 2.24) is 14.5 Å². The highest BCUT2D eigenvalue weighted by atomic mass is 15.1. The van der Waals surface area contributed by atoms with Crippen molar-refractivity contribution in [2.75, 3.05) is 11.9 Å². The number of hydrogen-bond donors (Lipinski definition) is 1. The smallest absolute Gasteiger partial charge is 0.128 e. The number of aromatic nitrogens is 3. The molecular weight excluding hydrogens is 272 g/mol. The van der Waals surface area contributed by atoms with Crippen LogP contribution in [0, 0.1) is 13.8 Å². The van der Waals surface area contributed by atoms with E-state index in [2.05, 4.69) is 51.9 Å². The molecule has 4 heteroatoms. The van der Waals surface area contributed by atoms with Crippen LogP contribution in [-0.4, -0.2) is 21.1 Å². The van der Waals surface area contributed by atoms with Crippen LogP contribution in [0.3, 0.4) is 0 Å². The minimum atomic E-state index is 0.823. The van der Waals surface area contributed by atoms with Crippen molar-refractivity contribution in [3.63, 3.8) is 0 Å². The summed E-state index contributed by atoms with van der Waals surface area (Å²) in [5.74, 6) is 0.948. The van der Waals surface area contributed by atoms with Crippen LogP contribution in [0.5, 0.6) is 0 Å². The Morgan fingerprint density at radius 2 is 1.82 bits per heavy atom. The van der Waals surface area contributed by atoms with Crippen LogP contribution in [0.1, 0.15) is 11.3 Å². The largest absolute Gasteiger partial charge is 0.368 e. The van der Waals surface area contributed by atoms with Crippen LogP contribution in [-0.2, 0) is 6.54 Å². The number of aryl methyl sites for hydroxylation is 1. The molecule has 22 heavy (non-hydrogen) atoms. The number of imidazole rings is 1. The van der Waals surface area contributed by atoms with Gasteiger partial charge in [0.05, 0.1) is 12.0 Å². The van der Waals surface area contributed by atoms with E-state index in [-0.39, 0.29) is 0 Å². The number of pyridine rings is 1. The minimum Gasteiger partial charge on any atom is -0.368 e. The fraction of sp³-hybridized carbons (Fsp3) is 0.222. The van der Waals surface area contributed by atoms with Crippen LogP contribution in [0.15, 0.2) is 55.0 Å². The molecule has 0 saturated carbocycles. The van der Waals surface area contributed by atoms with Gasteiger partial charge in [-0.3, -0.25) is 0 Å². The number of benzene rings is 1. The molecular formula is C18H20N4. The van der Waals surface area contributed by atoms with Gasteiger partial charge in [-0.1, -0.05) is 36.4 Å². The summed E-state index contributed by atoms with van der Waals surface area (Å²) in [5, 5.41) is 3.38. The second-order valence-corrected chi connectivity index (χ2v) is 5.33. The van der Waals surface area contributed by atoms with Crippen LogP contribution in [0.2, 0.25) is 0 Å². The van der Waals surface area contributed by atoms with E-state index in [0.717, 1.165) is 35.7 Å². The van der Waals surface area contributed by atoms with Gasteiger partial charge < -0.3 is 9.88 Å². The molecule has 0 amide bonds. The van der Waals surface area contributed by atoms with E-state index in [0.29, 0.717) is 0 Å². The first-order chi connectivity index (χ1) is 10.8. The predicted octanol–water partition coefficient (Wildman–Crippen LogP) is 3.67. The molecule has 0 bridgehead atoms. The van der Waals surface area contributed by atoms with Crippen molar-refractivity contribution in [2.45, 2.75) is 20.4 Å². The molecule has 0 saturated heterocycles. The summed E-state index contributed by atoms with van der Waals surface area (Å²) >= 11 is 0. The molecule has 0 fully saturated rings. The summed E-state index contributed by atoms with van der Waals surface area (Å²) in [6.07, 6.45) is 3.72. The van der Waals surface area contributed by atoms with Gasteiger partial charge in [-0.15, -0.1) is 0 Å². The van der Waals surface area contributed by atoms with E-state index in [4.69, 9.17) is 0 Å². The lowest BCUT2D eigenvalue weighted by Gasteiger charge is -2.10. The summed E-state index contributed by atoms with van der Waals surface area (Å²) in [7, 11) is 0. The second-order valence-electron chi connectivity index (χ2n) is 5.33. The molecule has 0 aliphatic rings. The Hall–Kier alpha value is -2.62. The lowest BCUT2D eigenvalue weighted by molar-refractivity contribution is 0.705. The molecule has 0 unspecified atom stereocenters. The van der Waals surface area contributed by atoms with Gasteiger partial charge >= 0.3 is 0 Å². The zero-order valence-corrected chi connectivity index (χ0v) is 13.0. The molecule has 2 aromatic heterocycles. The summed E-state index contributed by atoms with van der Waals surface area (Å²) in [5.41, 5.74) is 4.56. The second kappa shape index (κ2) is 6.43.